The summed E-state index contributed by atoms with van der Waals surface area (Å²) in [5.74, 6) is 0.114. The van der Waals surface area contributed by atoms with Gasteiger partial charge in [0.2, 0.25) is 5.91 Å². The minimum absolute atomic E-state index is 0.114. The lowest BCUT2D eigenvalue weighted by Crippen LogP contribution is -2.34. The van der Waals surface area contributed by atoms with Crippen molar-refractivity contribution >= 4 is 17.3 Å². The smallest absolute Gasteiger partial charge is 0.224 e. The lowest BCUT2D eigenvalue weighted by atomic mass is 10.0. The number of aryl methyl sites for hydroxylation is 1. The normalized spacial score (nSPS) is 18.3. The van der Waals surface area contributed by atoms with E-state index in [1.54, 1.807) is 0 Å². The van der Waals surface area contributed by atoms with Crippen molar-refractivity contribution < 1.29 is 4.79 Å². The summed E-state index contributed by atoms with van der Waals surface area (Å²) in [6.45, 7) is 3.13. The number of carbonyl (C=O) groups excluding carboxylic acids is 1. The molecule has 0 bridgehead atoms. The lowest BCUT2D eigenvalue weighted by molar-refractivity contribution is -0.116. The average molecular weight is 289 g/mol. The predicted octanol–water partition coefficient (Wildman–Crippen LogP) is 2.92. The largest absolute Gasteiger partial charge is 0.378 e. The fourth-order valence-corrected chi connectivity index (χ4v) is 2.75. The molecule has 0 radical (unpaired) electrons. The first-order valence-corrected chi connectivity index (χ1v) is 7.87. The van der Waals surface area contributed by atoms with Crippen LogP contribution in [0.3, 0.4) is 0 Å². The van der Waals surface area contributed by atoms with E-state index in [-0.39, 0.29) is 5.91 Å². The van der Waals surface area contributed by atoms with Crippen molar-refractivity contribution in [3.63, 3.8) is 0 Å². The molecule has 2 N–H and O–H groups in total. The van der Waals surface area contributed by atoms with E-state index in [9.17, 15) is 4.79 Å². The molecule has 0 aliphatic carbocycles. The molecule has 1 saturated heterocycles. The molecule has 4 nitrogen and oxygen atoms in total. The molecule has 116 valence electrons. The number of hydrogen-bond acceptors (Lipinski definition) is 3. The van der Waals surface area contributed by atoms with Gasteiger partial charge in [-0.1, -0.05) is 6.42 Å². The van der Waals surface area contributed by atoms with Crippen LogP contribution in [0.15, 0.2) is 18.2 Å². The Kier molecular flexibility index (Phi) is 5.62. The van der Waals surface area contributed by atoms with E-state index in [1.807, 2.05) is 33.2 Å². The molecule has 0 spiro atoms. The van der Waals surface area contributed by atoms with Crippen LogP contribution >= 0.6 is 0 Å². The maximum Gasteiger partial charge on any atom is 0.224 e. The zero-order valence-corrected chi connectivity index (χ0v) is 13.4. The molecule has 21 heavy (non-hydrogen) atoms. The van der Waals surface area contributed by atoms with Gasteiger partial charge in [0.05, 0.1) is 0 Å². The van der Waals surface area contributed by atoms with Gasteiger partial charge in [-0.3, -0.25) is 4.79 Å². The standard InChI is InChI=1S/C17H27N3O/c1-13-12-15(20(2)3)8-9-16(13)19-17(21)10-7-14-6-4-5-11-18-14/h8-9,12,14,18H,4-7,10-11H2,1-3H3,(H,19,21). The van der Waals surface area contributed by atoms with Crippen LogP contribution in [0, 0.1) is 6.92 Å². The van der Waals surface area contributed by atoms with E-state index in [2.05, 4.69) is 21.6 Å². The quantitative estimate of drug-likeness (QED) is 0.876. The first-order chi connectivity index (χ1) is 10.1. The van der Waals surface area contributed by atoms with Crippen LogP contribution in [-0.2, 0) is 4.79 Å². The van der Waals surface area contributed by atoms with Gasteiger partial charge in [-0.05, 0) is 56.5 Å². The highest BCUT2D eigenvalue weighted by Crippen LogP contribution is 2.21. The molecule has 4 heteroatoms. The minimum atomic E-state index is 0.114. The van der Waals surface area contributed by atoms with Crippen molar-refractivity contribution in [3.8, 4) is 0 Å². The number of anilines is 2. The predicted molar refractivity (Wildman–Crippen MR) is 89.0 cm³/mol. The summed E-state index contributed by atoms with van der Waals surface area (Å²) in [6.07, 6.45) is 5.27. The zero-order chi connectivity index (χ0) is 15.2. The van der Waals surface area contributed by atoms with Gasteiger partial charge in [0, 0.05) is 37.9 Å². The average Bonchev–Trinajstić information content (AvgIpc) is 2.48. The topological polar surface area (TPSA) is 44.4 Å². The molecule has 1 heterocycles. The van der Waals surface area contributed by atoms with Crippen LogP contribution < -0.4 is 15.5 Å². The molecule has 2 rings (SSSR count). The van der Waals surface area contributed by atoms with Gasteiger partial charge in [-0.2, -0.15) is 0 Å². The number of piperidine rings is 1. The monoisotopic (exact) mass is 289 g/mol. The van der Waals surface area contributed by atoms with Crippen molar-refractivity contribution in [2.45, 2.75) is 45.1 Å². The summed E-state index contributed by atoms with van der Waals surface area (Å²) in [5, 5.41) is 6.51. The maximum absolute atomic E-state index is 12.1. The van der Waals surface area contributed by atoms with Crippen LogP contribution in [0.4, 0.5) is 11.4 Å². The Morgan fingerprint density at radius 2 is 2.19 bits per heavy atom. The Hall–Kier alpha value is -1.55. The molecular weight excluding hydrogens is 262 g/mol. The number of amides is 1. The summed E-state index contributed by atoms with van der Waals surface area (Å²) in [7, 11) is 4.04. The Labute approximate surface area is 127 Å². The van der Waals surface area contributed by atoms with Gasteiger partial charge in [-0.15, -0.1) is 0 Å². The molecule has 1 amide bonds. The maximum atomic E-state index is 12.1. The van der Waals surface area contributed by atoms with Gasteiger partial charge < -0.3 is 15.5 Å². The van der Waals surface area contributed by atoms with Crippen LogP contribution in [0.1, 0.15) is 37.7 Å². The van der Waals surface area contributed by atoms with E-state index >= 15 is 0 Å². The van der Waals surface area contributed by atoms with Crippen molar-refractivity contribution in [2.24, 2.45) is 0 Å². The SMILES string of the molecule is Cc1cc(N(C)C)ccc1NC(=O)CCC1CCCCN1. The lowest BCUT2D eigenvalue weighted by Gasteiger charge is -2.23. The van der Waals surface area contributed by atoms with Crippen LogP contribution in [0.25, 0.3) is 0 Å². The number of rotatable bonds is 5. The summed E-state index contributed by atoms with van der Waals surface area (Å²) >= 11 is 0. The van der Waals surface area contributed by atoms with Crippen molar-refractivity contribution in [2.75, 3.05) is 30.9 Å². The Bertz CT molecular complexity index is 479. The number of carbonyl (C=O) groups is 1. The zero-order valence-electron chi connectivity index (χ0n) is 13.4. The second-order valence-corrected chi connectivity index (χ2v) is 6.13. The molecule has 1 aliphatic heterocycles. The van der Waals surface area contributed by atoms with Gasteiger partial charge in [0.25, 0.3) is 0 Å². The third kappa shape index (κ3) is 4.74. The fraction of sp³-hybridized carbons (Fsp3) is 0.588. The highest BCUT2D eigenvalue weighted by atomic mass is 16.1. The van der Waals surface area contributed by atoms with Crippen molar-refractivity contribution in [3.05, 3.63) is 23.8 Å². The highest BCUT2D eigenvalue weighted by Gasteiger charge is 2.14. The summed E-state index contributed by atoms with van der Waals surface area (Å²) < 4.78 is 0. The third-order valence-corrected chi connectivity index (χ3v) is 4.13. The van der Waals surface area contributed by atoms with E-state index in [1.165, 1.54) is 19.3 Å². The van der Waals surface area contributed by atoms with Crippen LogP contribution in [0.2, 0.25) is 0 Å². The van der Waals surface area contributed by atoms with Gasteiger partial charge in [-0.25, -0.2) is 0 Å². The number of nitrogens with one attached hydrogen (secondary N) is 2. The number of hydrogen-bond donors (Lipinski definition) is 2. The van der Waals surface area contributed by atoms with Crippen LogP contribution in [0.5, 0.6) is 0 Å². The molecule has 0 aromatic heterocycles. The third-order valence-electron chi connectivity index (χ3n) is 4.13. The summed E-state index contributed by atoms with van der Waals surface area (Å²) in [6, 6.07) is 6.63. The minimum Gasteiger partial charge on any atom is -0.378 e. The molecule has 1 aliphatic rings. The number of nitrogens with zero attached hydrogens (tertiary/aromatic N) is 1. The Morgan fingerprint density at radius 1 is 1.38 bits per heavy atom. The highest BCUT2D eigenvalue weighted by molar-refractivity contribution is 5.91. The molecule has 0 saturated carbocycles. The summed E-state index contributed by atoms with van der Waals surface area (Å²) in [5.41, 5.74) is 3.17. The van der Waals surface area contributed by atoms with E-state index in [0.29, 0.717) is 12.5 Å². The Morgan fingerprint density at radius 3 is 2.81 bits per heavy atom. The van der Waals surface area contributed by atoms with Crippen LogP contribution in [-0.4, -0.2) is 32.6 Å². The van der Waals surface area contributed by atoms with Gasteiger partial charge in [0.1, 0.15) is 0 Å². The fourth-order valence-electron chi connectivity index (χ4n) is 2.75. The molecule has 1 fully saturated rings. The first kappa shape index (κ1) is 15.8. The molecule has 1 aromatic carbocycles. The van der Waals surface area contributed by atoms with Crippen molar-refractivity contribution in [1.29, 1.82) is 0 Å². The first-order valence-electron chi connectivity index (χ1n) is 7.87. The molecule has 1 aromatic rings. The van der Waals surface area contributed by atoms with Gasteiger partial charge in [0.15, 0.2) is 0 Å². The summed E-state index contributed by atoms with van der Waals surface area (Å²) in [4.78, 5) is 14.1. The van der Waals surface area contributed by atoms with E-state index in [0.717, 1.165) is 29.9 Å². The molecule has 1 unspecified atom stereocenters. The Balaban J connectivity index is 1.84. The second-order valence-electron chi connectivity index (χ2n) is 6.13. The van der Waals surface area contributed by atoms with Crippen molar-refractivity contribution in [1.82, 2.24) is 5.32 Å². The number of benzene rings is 1. The van der Waals surface area contributed by atoms with E-state index < -0.39 is 0 Å². The van der Waals surface area contributed by atoms with Gasteiger partial charge >= 0.3 is 0 Å². The second kappa shape index (κ2) is 7.46. The van der Waals surface area contributed by atoms with E-state index in [4.69, 9.17) is 0 Å². The molecule has 1 atom stereocenters. The molecular formula is C17H27N3O.